The molecule has 0 radical (unpaired) electrons. The van der Waals surface area contributed by atoms with Crippen molar-refractivity contribution in [1.29, 1.82) is 0 Å². The largest absolute Gasteiger partial charge is 0.322 e. The number of thiophene rings is 1. The molecule has 1 amide bonds. The quantitative estimate of drug-likeness (QED) is 0.374. The molecule has 6 heteroatoms. The number of benzene rings is 2. The van der Waals surface area contributed by atoms with Crippen LogP contribution in [0.4, 0.5) is 5.69 Å². The van der Waals surface area contributed by atoms with Crippen LogP contribution in [-0.4, -0.2) is 15.7 Å². The minimum Gasteiger partial charge on any atom is -0.322 e. The summed E-state index contributed by atoms with van der Waals surface area (Å²) in [5, 5.41) is 9.71. The van der Waals surface area contributed by atoms with Crippen molar-refractivity contribution in [2.45, 2.75) is 6.92 Å². The topological polar surface area (TPSA) is 46.9 Å². The second-order valence-corrected chi connectivity index (χ2v) is 8.26. The number of aromatic nitrogens is 2. The van der Waals surface area contributed by atoms with Crippen molar-refractivity contribution in [3.05, 3.63) is 86.9 Å². The molecule has 134 valence electrons. The molecule has 0 saturated heterocycles. The zero-order valence-corrected chi connectivity index (χ0v) is 17.5. The number of carbonyl (C=O) groups excluding carboxylic acids is 1. The van der Waals surface area contributed by atoms with E-state index in [9.17, 15) is 4.79 Å². The monoisotopic (exact) mass is 485 g/mol. The van der Waals surface area contributed by atoms with Crippen molar-refractivity contribution in [1.82, 2.24) is 9.78 Å². The highest BCUT2D eigenvalue weighted by atomic mass is 127. The number of rotatable bonds is 4. The second-order valence-electron chi connectivity index (χ2n) is 6.06. The van der Waals surface area contributed by atoms with E-state index in [1.807, 2.05) is 73.0 Å². The lowest BCUT2D eigenvalue weighted by atomic mass is 10.1. The Morgan fingerprint density at radius 3 is 2.63 bits per heavy atom. The minimum absolute atomic E-state index is 0.162. The van der Waals surface area contributed by atoms with Gasteiger partial charge in [0.25, 0.3) is 5.91 Å². The smallest absolute Gasteiger partial charge is 0.259 e. The second kappa shape index (κ2) is 7.66. The summed E-state index contributed by atoms with van der Waals surface area (Å²) in [6.45, 7) is 1.99. The SMILES string of the molecule is Cc1cc(I)ccc1NC(=O)c1cn(-c2ccccc2)nc1-c1cccs1. The number of anilines is 1. The molecule has 0 spiro atoms. The van der Waals surface area contributed by atoms with E-state index in [1.165, 1.54) is 0 Å². The van der Waals surface area contributed by atoms with Crippen LogP contribution in [0.2, 0.25) is 0 Å². The lowest BCUT2D eigenvalue weighted by Crippen LogP contribution is -2.13. The summed E-state index contributed by atoms with van der Waals surface area (Å²) in [5.41, 5.74) is 4.00. The van der Waals surface area contributed by atoms with Gasteiger partial charge in [-0.15, -0.1) is 11.3 Å². The highest BCUT2D eigenvalue weighted by Crippen LogP contribution is 2.29. The number of carbonyl (C=O) groups is 1. The van der Waals surface area contributed by atoms with Crippen LogP contribution in [0.5, 0.6) is 0 Å². The molecule has 0 bridgehead atoms. The van der Waals surface area contributed by atoms with E-state index in [1.54, 1.807) is 22.2 Å². The molecule has 0 unspecified atom stereocenters. The third kappa shape index (κ3) is 3.81. The van der Waals surface area contributed by atoms with Crippen LogP contribution in [0.3, 0.4) is 0 Å². The average Bonchev–Trinajstić information content (AvgIpc) is 3.34. The van der Waals surface area contributed by atoms with Crippen molar-refractivity contribution in [2.75, 3.05) is 5.32 Å². The molecule has 27 heavy (non-hydrogen) atoms. The molecule has 1 N–H and O–H groups in total. The number of para-hydroxylation sites is 1. The predicted octanol–water partition coefficient (Wildman–Crippen LogP) is 5.77. The van der Waals surface area contributed by atoms with Gasteiger partial charge >= 0.3 is 0 Å². The van der Waals surface area contributed by atoms with Crippen LogP contribution < -0.4 is 5.32 Å². The van der Waals surface area contributed by atoms with Crippen LogP contribution in [0, 0.1) is 10.5 Å². The number of aryl methyl sites for hydroxylation is 1. The summed E-state index contributed by atoms with van der Waals surface area (Å²) < 4.78 is 2.89. The van der Waals surface area contributed by atoms with Gasteiger partial charge in [0, 0.05) is 15.5 Å². The average molecular weight is 485 g/mol. The Morgan fingerprint density at radius 2 is 1.93 bits per heavy atom. The zero-order chi connectivity index (χ0) is 18.8. The van der Waals surface area contributed by atoms with Gasteiger partial charge < -0.3 is 5.32 Å². The van der Waals surface area contributed by atoms with Gasteiger partial charge in [-0.25, -0.2) is 4.68 Å². The Kier molecular flexibility index (Phi) is 5.09. The molecular formula is C21H16IN3OS. The maximum absolute atomic E-state index is 13.1. The molecule has 4 rings (SSSR count). The fourth-order valence-corrected chi connectivity index (χ4v) is 4.18. The molecule has 0 aliphatic rings. The van der Waals surface area contributed by atoms with Crippen molar-refractivity contribution in [2.24, 2.45) is 0 Å². The molecule has 0 saturated carbocycles. The maximum Gasteiger partial charge on any atom is 0.259 e. The van der Waals surface area contributed by atoms with Gasteiger partial charge in [-0.3, -0.25) is 4.79 Å². The summed E-state index contributed by atoms with van der Waals surface area (Å²) in [6, 6.07) is 19.7. The molecule has 0 aliphatic carbocycles. The van der Waals surface area contributed by atoms with Gasteiger partial charge in [0.2, 0.25) is 0 Å². The normalized spacial score (nSPS) is 10.7. The van der Waals surface area contributed by atoms with Crippen LogP contribution in [0.1, 0.15) is 15.9 Å². The molecule has 4 aromatic rings. The van der Waals surface area contributed by atoms with E-state index in [0.717, 1.165) is 25.4 Å². The predicted molar refractivity (Wildman–Crippen MR) is 119 cm³/mol. The summed E-state index contributed by atoms with van der Waals surface area (Å²) in [6.07, 6.45) is 1.79. The number of nitrogens with zero attached hydrogens (tertiary/aromatic N) is 2. The minimum atomic E-state index is -0.162. The summed E-state index contributed by atoms with van der Waals surface area (Å²) in [5.74, 6) is -0.162. The zero-order valence-electron chi connectivity index (χ0n) is 14.5. The van der Waals surface area contributed by atoms with Gasteiger partial charge in [0.05, 0.1) is 16.1 Å². The fraction of sp³-hybridized carbons (Fsp3) is 0.0476. The molecular weight excluding hydrogens is 469 g/mol. The van der Waals surface area contributed by atoms with Gasteiger partial charge in [0.1, 0.15) is 5.69 Å². The van der Waals surface area contributed by atoms with Crippen molar-refractivity contribution in [3.8, 4) is 16.3 Å². The summed E-state index contributed by atoms with van der Waals surface area (Å²) in [7, 11) is 0. The van der Waals surface area contributed by atoms with Crippen molar-refractivity contribution >= 4 is 45.5 Å². The first-order valence-electron chi connectivity index (χ1n) is 8.38. The van der Waals surface area contributed by atoms with Gasteiger partial charge in [0.15, 0.2) is 0 Å². The fourth-order valence-electron chi connectivity index (χ4n) is 2.81. The first-order valence-corrected chi connectivity index (χ1v) is 10.3. The highest BCUT2D eigenvalue weighted by Gasteiger charge is 2.20. The number of amides is 1. The van der Waals surface area contributed by atoms with E-state index >= 15 is 0 Å². The van der Waals surface area contributed by atoms with Crippen LogP contribution in [0.15, 0.2) is 72.2 Å². The molecule has 2 heterocycles. The van der Waals surface area contributed by atoms with Crippen molar-refractivity contribution in [3.63, 3.8) is 0 Å². The number of hydrogen-bond donors (Lipinski definition) is 1. The van der Waals surface area contributed by atoms with Crippen molar-refractivity contribution < 1.29 is 4.79 Å². The Morgan fingerprint density at radius 1 is 1.11 bits per heavy atom. The lowest BCUT2D eigenvalue weighted by Gasteiger charge is -2.08. The van der Waals surface area contributed by atoms with Crippen LogP contribution in [-0.2, 0) is 0 Å². The third-order valence-electron chi connectivity index (χ3n) is 4.17. The lowest BCUT2D eigenvalue weighted by molar-refractivity contribution is 0.102. The molecule has 2 aromatic heterocycles. The Balaban J connectivity index is 1.74. The maximum atomic E-state index is 13.1. The Hall–Kier alpha value is -2.45. The molecule has 4 nitrogen and oxygen atoms in total. The number of halogens is 1. The first kappa shape index (κ1) is 17.9. The van der Waals surface area contributed by atoms with E-state index in [-0.39, 0.29) is 5.91 Å². The molecule has 0 fully saturated rings. The third-order valence-corrected chi connectivity index (χ3v) is 5.72. The van der Waals surface area contributed by atoms with E-state index < -0.39 is 0 Å². The van der Waals surface area contributed by atoms with Gasteiger partial charge in [-0.05, 0) is 76.9 Å². The van der Waals surface area contributed by atoms with Crippen LogP contribution in [0.25, 0.3) is 16.3 Å². The number of nitrogens with one attached hydrogen (secondary N) is 1. The molecule has 0 aliphatic heterocycles. The van der Waals surface area contributed by atoms with E-state index in [0.29, 0.717) is 11.3 Å². The standard InChI is InChI=1S/C21H16IN3OS/c1-14-12-15(22)9-10-18(14)23-21(26)17-13-25(16-6-3-2-4-7-16)24-20(17)19-8-5-11-27-19/h2-13H,1H3,(H,23,26). The highest BCUT2D eigenvalue weighted by molar-refractivity contribution is 14.1. The molecule has 0 atom stereocenters. The Labute approximate surface area is 175 Å². The van der Waals surface area contributed by atoms with Gasteiger partial charge in [-0.1, -0.05) is 24.3 Å². The van der Waals surface area contributed by atoms with Crippen LogP contribution >= 0.6 is 33.9 Å². The number of hydrogen-bond acceptors (Lipinski definition) is 3. The molecule has 2 aromatic carbocycles. The summed E-state index contributed by atoms with van der Waals surface area (Å²) in [4.78, 5) is 14.0. The van der Waals surface area contributed by atoms with E-state index in [2.05, 4.69) is 33.0 Å². The van der Waals surface area contributed by atoms with E-state index in [4.69, 9.17) is 0 Å². The van der Waals surface area contributed by atoms with Gasteiger partial charge in [-0.2, -0.15) is 5.10 Å². The first-order chi connectivity index (χ1) is 13.1. The summed E-state index contributed by atoms with van der Waals surface area (Å²) >= 11 is 3.84. The Bertz CT molecular complexity index is 1090.